The van der Waals surface area contributed by atoms with Gasteiger partial charge in [-0.1, -0.05) is 53.2 Å². The predicted molar refractivity (Wildman–Crippen MR) is 98.0 cm³/mol. The zero-order valence-corrected chi connectivity index (χ0v) is 15.3. The van der Waals surface area contributed by atoms with E-state index in [1.807, 2.05) is 0 Å². The highest BCUT2D eigenvalue weighted by Gasteiger charge is 2.14. The number of hydrogen-bond acceptors (Lipinski definition) is 1. The Morgan fingerprint density at radius 2 is 1.90 bits per heavy atom. The molecule has 1 N–H and O–H groups in total. The third-order valence-electron chi connectivity index (χ3n) is 3.26. The molecule has 0 bridgehead atoms. The van der Waals surface area contributed by atoms with Crippen LogP contribution >= 0.6 is 38.5 Å². The molecular weight excluding hydrogens is 425 g/mol. The molecule has 2 rings (SSSR count). The first-order chi connectivity index (χ1) is 9.70. The Labute approximate surface area is 143 Å². The van der Waals surface area contributed by atoms with E-state index in [-0.39, 0.29) is 0 Å². The SMILES string of the molecule is CCCNC(Cc1ccccc1)c1cc(Br)ccc1I. The fourth-order valence-electron chi connectivity index (χ4n) is 2.24. The van der Waals surface area contributed by atoms with Crippen LogP contribution in [0.2, 0.25) is 0 Å². The van der Waals surface area contributed by atoms with Gasteiger partial charge < -0.3 is 5.32 Å². The summed E-state index contributed by atoms with van der Waals surface area (Å²) in [5, 5.41) is 3.68. The molecule has 0 aliphatic carbocycles. The van der Waals surface area contributed by atoms with Gasteiger partial charge in [0.25, 0.3) is 0 Å². The largest absolute Gasteiger partial charge is 0.310 e. The summed E-state index contributed by atoms with van der Waals surface area (Å²) >= 11 is 6.01. The molecule has 0 radical (unpaired) electrons. The van der Waals surface area contributed by atoms with Crippen molar-refractivity contribution in [1.29, 1.82) is 0 Å². The summed E-state index contributed by atoms with van der Waals surface area (Å²) in [5.74, 6) is 0. The van der Waals surface area contributed by atoms with Crippen molar-refractivity contribution in [2.45, 2.75) is 25.8 Å². The van der Waals surface area contributed by atoms with E-state index < -0.39 is 0 Å². The Hall–Kier alpha value is -0.390. The zero-order chi connectivity index (χ0) is 14.4. The molecule has 0 saturated carbocycles. The molecule has 0 fully saturated rings. The Kier molecular flexibility index (Phi) is 6.52. The van der Waals surface area contributed by atoms with Crippen molar-refractivity contribution >= 4 is 38.5 Å². The second kappa shape index (κ2) is 8.15. The molecule has 0 aromatic heterocycles. The highest BCUT2D eigenvalue weighted by molar-refractivity contribution is 14.1. The van der Waals surface area contributed by atoms with Gasteiger partial charge in [0.2, 0.25) is 0 Å². The lowest BCUT2D eigenvalue weighted by atomic mass is 9.99. The summed E-state index contributed by atoms with van der Waals surface area (Å²) in [4.78, 5) is 0. The summed E-state index contributed by atoms with van der Waals surface area (Å²) in [5.41, 5.74) is 2.74. The Morgan fingerprint density at radius 3 is 2.60 bits per heavy atom. The van der Waals surface area contributed by atoms with Gasteiger partial charge in [-0.05, 0) is 71.3 Å². The lowest BCUT2D eigenvalue weighted by Crippen LogP contribution is -2.25. The third-order valence-corrected chi connectivity index (χ3v) is 4.73. The van der Waals surface area contributed by atoms with Gasteiger partial charge in [0, 0.05) is 14.1 Å². The maximum absolute atomic E-state index is 3.68. The van der Waals surface area contributed by atoms with Crippen molar-refractivity contribution in [2.75, 3.05) is 6.54 Å². The molecular formula is C17H19BrIN. The van der Waals surface area contributed by atoms with Gasteiger partial charge in [-0.25, -0.2) is 0 Å². The van der Waals surface area contributed by atoms with Crippen molar-refractivity contribution in [1.82, 2.24) is 5.32 Å². The lowest BCUT2D eigenvalue weighted by molar-refractivity contribution is 0.527. The number of benzene rings is 2. The van der Waals surface area contributed by atoms with Gasteiger partial charge in [-0.15, -0.1) is 0 Å². The highest BCUT2D eigenvalue weighted by Crippen LogP contribution is 2.26. The summed E-state index contributed by atoms with van der Waals surface area (Å²) in [7, 11) is 0. The molecule has 1 unspecified atom stereocenters. The molecule has 3 heteroatoms. The minimum Gasteiger partial charge on any atom is -0.310 e. The molecule has 0 saturated heterocycles. The minimum absolute atomic E-state index is 0.363. The van der Waals surface area contributed by atoms with E-state index in [2.05, 4.69) is 99.3 Å². The fourth-order valence-corrected chi connectivity index (χ4v) is 3.33. The van der Waals surface area contributed by atoms with Crippen molar-refractivity contribution in [3.05, 3.63) is 67.7 Å². The lowest BCUT2D eigenvalue weighted by Gasteiger charge is -2.21. The van der Waals surface area contributed by atoms with E-state index in [0.717, 1.165) is 23.9 Å². The smallest absolute Gasteiger partial charge is 0.0371 e. The number of halogens is 2. The summed E-state index contributed by atoms with van der Waals surface area (Å²) < 4.78 is 2.46. The zero-order valence-electron chi connectivity index (χ0n) is 11.6. The van der Waals surface area contributed by atoms with Crippen LogP contribution in [-0.4, -0.2) is 6.54 Å². The quantitative estimate of drug-likeness (QED) is 0.594. The Bertz CT molecular complexity index is 542. The van der Waals surface area contributed by atoms with E-state index in [4.69, 9.17) is 0 Å². The van der Waals surface area contributed by atoms with Gasteiger partial charge in [0.1, 0.15) is 0 Å². The monoisotopic (exact) mass is 443 g/mol. The molecule has 1 atom stereocenters. The van der Waals surface area contributed by atoms with Crippen molar-refractivity contribution in [3.63, 3.8) is 0 Å². The molecule has 0 heterocycles. The predicted octanol–water partition coefficient (Wildman–Crippen LogP) is 5.34. The van der Waals surface area contributed by atoms with Crippen LogP contribution in [-0.2, 0) is 6.42 Å². The van der Waals surface area contributed by atoms with Gasteiger partial charge in [0.15, 0.2) is 0 Å². The van der Waals surface area contributed by atoms with Crippen LogP contribution in [0.15, 0.2) is 53.0 Å². The van der Waals surface area contributed by atoms with Crippen LogP contribution in [0, 0.1) is 3.57 Å². The molecule has 0 aliphatic rings. The highest BCUT2D eigenvalue weighted by atomic mass is 127. The third kappa shape index (κ3) is 4.57. The fraction of sp³-hybridized carbons (Fsp3) is 0.294. The maximum Gasteiger partial charge on any atom is 0.0371 e. The van der Waals surface area contributed by atoms with Crippen LogP contribution in [0.25, 0.3) is 0 Å². The summed E-state index contributed by atoms with van der Waals surface area (Å²) in [6.45, 7) is 3.25. The summed E-state index contributed by atoms with van der Waals surface area (Å²) in [6.07, 6.45) is 2.17. The standard InChI is InChI=1S/C17H19BrIN/c1-2-10-20-17(11-13-6-4-3-5-7-13)15-12-14(18)8-9-16(15)19/h3-9,12,17,20H,2,10-11H2,1H3. The molecule has 2 aromatic carbocycles. The van der Waals surface area contributed by atoms with Crippen LogP contribution in [0.1, 0.15) is 30.5 Å². The molecule has 2 aromatic rings. The molecule has 1 nitrogen and oxygen atoms in total. The van der Waals surface area contributed by atoms with Crippen LogP contribution in [0.4, 0.5) is 0 Å². The van der Waals surface area contributed by atoms with E-state index >= 15 is 0 Å². The van der Waals surface area contributed by atoms with E-state index in [1.54, 1.807) is 0 Å². The minimum atomic E-state index is 0.363. The van der Waals surface area contributed by atoms with Crippen molar-refractivity contribution in [3.8, 4) is 0 Å². The second-order valence-electron chi connectivity index (χ2n) is 4.86. The second-order valence-corrected chi connectivity index (χ2v) is 6.94. The van der Waals surface area contributed by atoms with Crippen molar-refractivity contribution in [2.24, 2.45) is 0 Å². The summed E-state index contributed by atoms with van der Waals surface area (Å²) in [6, 6.07) is 17.6. The van der Waals surface area contributed by atoms with Gasteiger partial charge in [-0.3, -0.25) is 0 Å². The molecule has 0 amide bonds. The maximum atomic E-state index is 3.68. The van der Waals surface area contributed by atoms with Gasteiger partial charge in [-0.2, -0.15) is 0 Å². The normalized spacial score (nSPS) is 12.3. The van der Waals surface area contributed by atoms with Crippen LogP contribution in [0.3, 0.4) is 0 Å². The Morgan fingerprint density at radius 1 is 1.15 bits per heavy atom. The number of hydrogen-bond donors (Lipinski definition) is 1. The first-order valence-corrected chi connectivity index (χ1v) is 8.80. The van der Waals surface area contributed by atoms with Crippen molar-refractivity contribution < 1.29 is 0 Å². The topological polar surface area (TPSA) is 12.0 Å². The number of nitrogens with one attached hydrogen (secondary N) is 1. The molecule has 106 valence electrons. The van der Waals surface area contributed by atoms with E-state index in [0.29, 0.717) is 6.04 Å². The molecule has 20 heavy (non-hydrogen) atoms. The number of rotatable bonds is 6. The molecule has 0 aliphatic heterocycles. The average Bonchev–Trinajstić information content (AvgIpc) is 2.47. The van der Waals surface area contributed by atoms with Gasteiger partial charge in [0.05, 0.1) is 0 Å². The average molecular weight is 444 g/mol. The van der Waals surface area contributed by atoms with E-state index in [1.165, 1.54) is 14.7 Å². The first kappa shape index (κ1) is 16.0. The first-order valence-electron chi connectivity index (χ1n) is 6.93. The Balaban J connectivity index is 2.24. The van der Waals surface area contributed by atoms with Gasteiger partial charge >= 0.3 is 0 Å². The van der Waals surface area contributed by atoms with E-state index in [9.17, 15) is 0 Å². The van der Waals surface area contributed by atoms with Crippen LogP contribution in [0.5, 0.6) is 0 Å². The molecule has 0 spiro atoms. The van der Waals surface area contributed by atoms with Crippen LogP contribution < -0.4 is 5.32 Å².